The largest absolute Gasteiger partial charge is 0.481 e. The fourth-order valence-corrected chi connectivity index (χ4v) is 6.33. The highest BCUT2D eigenvalue weighted by Crippen LogP contribution is 2.32. The van der Waals surface area contributed by atoms with Crippen molar-refractivity contribution in [2.75, 3.05) is 6.54 Å². The molecule has 1 aliphatic rings. The van der Waals surface area contributed by atoms with Gasteiger partial charge in [-0.2, -0.15) is 0 Å². The molecule has 0 fully saturated rings. The molecule has 1 atom stereocenters. The summed E-state index contributed by atoms with van der Waals surface area (Å²) in [6, 6.07) is 16.1. The van der Waals surface area contributed by atoms with E-state index < -0.39 is 11.9 Å². The molecule has 1 N–H and O–H groups in total. The average Bonchev–Trinajstić information content (AvgIpc) is 3.22. The molecule has 7 nitrogen and oxygen atoms in total. The zero-order valence-electron chi connectivity index (χ0n) is 24.6. The third-order valence-electron chi connectivity index (χ3n) is 8.72. The Morgan fingerprint density at radius 1 is 0.810 bits per heavy atom. The highest BCUT2D eigenvalue weighted by Gasteiger charge is 2.34. The van der Waals surface area contributed by atoms with Gasteiger partial charge in [-0.3, -0.25) is 24.1 Å². The highest BCUT2D eigenvalue weighted by molar-refractivity contribution is 6.21. The predicted molar refractivity (Wildman–Crippen MR) is 165 cm³/mol. The first-order chi connectivity index (χ1) is 20.3. The number of aryl methyl sites for hydroxylation is 3. The van der Waals surface area contributed by atoms with Crippen LogP contribution in [0.3, 0.4) is 0 Å². The third kappa shape index (κ3) is 5.24. The van der Waals surface area contributed by atoms with Crippen LogP contribution in [0.25, 0.3) is 21.8 Å². The van der Waals surface area contributed by atoms with Crippen molar-refractivity contribution in [2.24, 2.45) is 0 Å². The lowest BCUT2D eigenvalue weighted by atomic mass is 9.89. The Hall–Kier alpha value is -4.26. The van der Waals surface area contributed by atoms with Crippen LogP contribution in [0.2, 0.25) is 0 Å². The molecule has 0 saturated carbocycles. The molecule has 1 unspecified atom stereocenters. The van der Waals surface area contributed by atoms with E-state index in [4.69, 9.17) is 0 Å². The van der Waals surface area contributed by atoms with E-state index in [0.717, 1.165) is 48.7 Å². The van der Waals surface area contributed by atoms with Gasteiger partial charge in [-0.05, 0) is 67.6 Å². The molecule has 0 bridgehead atoms. The van der Waals surface area contributed by atoms with Crippen LogP contribution >= 0.6 is 0 Å². The van der Waals surface area contributed by atoms with E-state index in [1.54, 1.807) is 30.3 Å². The predicted octanol–water partition coefficient (Wildman–Crippen LogP) is 6.99. The van der Waals surface area contributed by atoms with Crippen LogP contribution in [0.4, 0.5) is 0 Å². The second-order valence-corrected chi connectivity index (χ2v) is 11.4. The number of carbonyl (C=O) groups is 3. The molecular formula is C35H38N2O5. The van der Waals surface area contributed by atoms with Gasteiger partial charge in [0.1, 0.15) is 0 Å². The zero-order valence-corrected chi connectivity index (χ0v) is 24.6. The van der Waals surface area contributed by atoms with Crippen molar-refractivity contribution >= 4 is 39.6 Å². The van der Waals surface area contributed by atoms with Gasteiger partial charge < -0.3 is 9.67 Å². The van der Waals surface area contributed by atoms with Crippen molar-refractivity contribution in [3.8, 4) is 0 Å². The van der Waals surface area contributed by atoms with Crippen molar-refractivity contribution < 1.29 is 19.5 Å². The van der Waals surface area contributed by atoms with Crippen molar-refractivity contribution in [3.63, 3.8) is 0 Å². The van der Waals surface area contributed by atoms with Crippen molar-refractivity contribution in [1.82, 2.24) is 9.47 Å². The summed E-state index contributed by atoms with van der Waals surface area (Å²) in [5, 5.41) is 11.2. The fraction of sp³-hybridized carbons (Fsp3) is 0.371. The number of benzene rings is 3. The third-order valence-corrected chi connectivity index (χ3v) is 8.72. The summed E-state index contributed by atoms with van der Waals surface area (Å²) in [5.74, 6) is -2.28. The standard InChI is InChI=1S/C35H38N2O5/c1-4-5-6-7-8-15-27(35(41)42)24-16-11-17-29-30(24)32(38)28-19-18-22(2)23(3)31(28)36(29)20-12-21-37-33(39)25-13-9-10-14-26(25)34(37)40/h9-11,13-14,16-19,27H,4-8,12,15,20-21H2,1-3H3,(H,41,42). The first-order valence-electron chi connectivity index (χ1n) is 15.0. The van der Waals surface area contributed by atoms with Crippen LogP contribution in [-0.4, -0.2) is 38.9 Å². The Kier molecular flexibility index (Phi) is 8.57. The van der Waals surface area contributed by atoms with E-state index >= 15 is 0 Å². The molecule has 2 heterocycles. The molecule has 2 amide bonds. The molecule has 0 saturated heterocycles. The molecular weight excluding hydrogens is 528 g/mol. The van der Waals surface area contributed by atoms with Crippen LogP contribution in [0.1, 0.15) is 95.2 Å². The number of hydrogen-bond donors (Lipinski definition) is 1. The summed E-state index contributed by atoms with van der Waals surface area (Å²) in [4.78, 5) is 53.8. The Bertz CT molecular complexity index is 1720. The summed E-state index contributed by atoms with van der Waals surface area (Å²) in [5.41, 5.74) is 4.74. The number of carboxylic acid groups (broad SMARTS) is 1. The number of aliphatic carboxylic acids is 1. The number of rotatable bonds is 12. The summed E-state index contributed by atoms with van der Waals surface area (Å²) in [6.45, 7) is 6.82. The van der Waals surface area contributed by atoms with Gasteiger partial charge in [0, 0.05) is 18.5 Å². The summed E-state index contributed by atoms with van der Waals surface area (Å²) < 4.78 is 2.08. The van der Waals surface area contributed by atoms with E-state index in [1.807, 2.05) is 38.1 Å². The molecule has 1 aliphatic heterocycles. The highest BCUT2D eigenvalue weighted by atomic mass is 16.4. The van der Waals surface area contributed by atoms with Crippen molar-refractivity contribution in [2.45, 2.75) is 78.2 Å². The first kappa shape index (κ1) is 29.2. The quantitative estimate of drug-likeness (QED) is 0.113. The van der Waals surface area contributed by atoms with E-state index in [0.29, 0.717) is 52.4 Å². The van der Waals surface area contributed by atoms with Gasteiger partial charge in [0.25, 0.3) is 11.8 Å². The summed E-state index contributed by atoms with van der Waals surface area (Å²) >= 11 is 0. The van der Waals surface area contributed by atoms with Gasteiger partial charge in [-0.15, -0.1) is 0 Å². The normalized spacial score (nSPS) is 13.7. The number of imide groups is 1. The fourth-order valence-electron chi connectivity index (χ4n) is 6.33. The van der Waals surface area contributed by atoms with Crippen LogP contribution in [-0.2, 0) is 11.3 Å². The molecule has 4 aromatic rings. The number of hydrogen-bond acceptors (Lipinski definition) is 4. The lowest BCUT2D eigenvalue weighted by Crippen LogP contribution is -2.31. The minimum absolute atomic E-state index is 0.160. The number of unbranched alkanes of at least 4 members (excludes halogenated alkanes) is 4. The van der Waals surface area contributed by atoms with Crippen LogP contribution in [0, 0.1) is 13.8 Å². The molecule has 218 valence electrons. The van der Waals surface area contributed by atoms with Gasteiger partial charge in [-0.1, -0.05) is 69.4 Å². The molecule has 7 heteroatoms. The molecule has 0 spiro atoms. The number of aromatic nitrogens is 1. The summed E-state index contributed by atoms with van der Waals surface area (Å²) in [7, 11) is 0. The van der Waals surface area contributed by atoms with Gasteiger partial charge in [0.15, 0.2) is 5.43 Å². The number of fused-ring (bicyclic) bond motifs is 3. The number of amides is 2. The molecule has 5 rings (SSSR count). The van der Waals surface area contributed by atoms with Crippen LogP contribution in [0.15, 0.2) is 59.4 Å². The van der Waals surface area contributed by atoms with Gasteiger partial charge >= 0.3 is 5.97 Å². The second-order valence-electron chi connectivity index (χ2n) is 11.4. The maximum absolute atomic E-state index is 14.1. The lowest BCUT2D eigenvalue weighted by molar-refractivity contribution is -0.139. The Labute approximate surface area is 245 Å². The molecule has 3 aromatic carbocycles. The second kappa shape index (κ2) is 12.3. The molecule has 0 aliphatic carbocycles. The molecule has 1 aromatic heterocycles. The van der Waals surface area contributed by atoms with E-state index in [1.165, 1.54) is 4.90 Å². The van der Waals surface area contributed by atoms with Crippen LogP contribution in [0.5, 0.6) is 0 Å². The Balaban J connectivity index is 1.55. The number of pyridine rings is 1. The van der Waals surface area contributed by atoms with Gasteiger partial charge in [0.2, 0.25) is 0 Å². The smallest absolute Gasteiger partial charge is 0.310 e. The maximum atomic E-state index is 14.1. The van der Waals surface area contributed by atoms with Crippen LogP contribution < -0.4 is 5.43 Å². The van der Waals surface area contributed by atoms with E-state index in [-0.39, 0.29) is 23.8 Å². The maximum Gasteiger partial charge on any atom is 0.310 e. The molecule has 42 heavy (non-hydrogen) atoms. The number of carbonyl (C=O) groups excluding carboxylic acids is 2. The van der Waals surface area contributed by atoms with Crippen molar-refractivity contribution in [3.05, 3.63) is 92.6 Å². The lowest BCUT2D eigenvalue weighted by Gasteiger charge is -2.22. The minimum atomic E-state index is -0.922. The minimum Gasteiger partial charge on any atom is -0.481 e. The molecule has 0 radical (unpaired) electrons. The number of carboxylic acids is 1. The topological polar surface area (TPSA) is 96.7 Å². The Morgan fingerprint density at radius 3 is 2.17 bits per heavy atom. The monoisotopic (exact) mass is 566 g/mol. The van der Waals surface area contributed by atoms with Gasteiger partial charge in [0.05, 0.1) is 33.5 Å². The SMILES string of the molecule is CCCCCCCC(C(=O)O)c1cccc2c1c(=O)c1ccc(C)c(C)c1n2CCCN1C(=O)c2ccccc2C1=O. The zero-order chi connectivity index (χ0) is 30.0. The van der Waals surface area contributed by atoms with E-state index in [9.17, 15) is 24.3 Å². The first-order valence-corrected chi connectivity index (χ1v) is 15.0. The van der Waals surface area contributed by atoms with Gasteiger partial charge in [-0.25, -0.2) is 0 Å². The van der Waals surface area contributed by atoms with E-state index in [2.05, 4.69) is 11.5 Å². The number of nitrogens with zero attached hydrogens (tertiary/aromatic N) is 2. The van der Waals surface area contributed by atoms with Crippen molar-refractivity contribution in [1.29, 1.82) is 0 Å². The Morgan fingerprint density at radius 2 is 1.50 bits per heavy atom. The average molecular weight is 567 g/mol. The summed E-state index contributed by atoms with van der Waals surface area (Å²) in [6.07, 6.45) is 6.02.